The minimum Gasteiger partial charge on any atom is -0.491 e. The van der Waals surface area contributed by atoms with Crippen molar-refractivity contribution in [3.05, 3.63) is 29.8 Å². The first-order chi connectivity index (χ1) is 19.0. The van der Waals surface area contributed by atoms with Gasteiger partial charge in [-0.25, -0.2) is 0 Å². The predicted molar refractivity (Wildman–Crippen MR) is 153 cm³/mol. The van der Waals surface area contributed by atoms with Crippen LogP contribution in [-0.2, 0) is 37.1 Å². The average molecular weight is 605 g/mol. The van der Waals surface area contributed by atoms with Crippen molar-refractivity contribution in [1.82, 2.24) is 0 Å². The summed E-state index contributed by atoms with van der Waals surface area (Å²) in [6, 6.07) is 7.45. The Labute approximate surface area is 242 Å². The molecule has 40 heavy (non-hydrogen) atoms. The van der Waals surface area contributed by atoms with Crippen molar-refractivity contribution < 1.29 is 51.7 Å². The summed E-state index contributed by atoms with van der Waals surface area (Å²) in [5.41, 5.74) is -0.638. The Morgan fingerprint density at radius 3 is 2.20 bits per heavy atom. The first-order valence-electron chi connectivity index (χ1n) is 13.1. The zero-order valence-corrected chi connectivity index (χ0v) is 26.2. The van der Waals surface area contributed by atoms with Gasteiger partial charge in [-0.2, -0.15) is 11.8 Å². The summed E-state index contributed by atoms with van der Waals surface area (Å²) in [6.07, 6.45) is 0.923. The second-order valence-electron chi connectivity index (χ2n) is 9.36. The van der Waals surface area contributed by atoms with Crippen LogP contribution in [0.5, 0.6) is 5.75 Å². The van der Waals surface area contributed by atoms with Crippen LogP contribution in [0.4, 0.5) is 0 Å². The lowest BCUT2D eigenvalue weighted by Gasteiger charge is -2.24. The van der Waals surface area contributed by atoms with Crippen LogP contribution in [0.15, 0.2) is 24.3 Å². The number of ketones is 1. The van der Waals surface area contributed by atoms with Gasteiger partial charge in [-0.05, 0) is 44.5 Å². The topological polar surface area (TPSA) is 136 Å². The van der Waals surface area contributed by atoms with Gasteiger partial charge >= 0.3 is 20.7 Å². The third-order valence-corrected chi connectivity index (χ3v) is 9.97. The van der Waals surface area contributed by atoms with Crippen LogP contribution in [0, 0.1) is 5.92 Å². The fourth-order valence-electron chi connectivity index (χ4n) is 3.39. The summed E-state index contributed by atoms with van der Waals surface area (Å²) < 4.78 is 38.3. The maximum atomic E-state index is 12.9. The van der Waals surface area contributed by atoms with Crippen molar-refractivity contribution in [2.75, 3.05) is 65.9 Å². The Morgan fingerprint density at radius 1 is 0.950 bits per heavy atom. The number of carbonyl (C=O) groups is 3. The minimum absolute atomic E-state index is 0.0224. The molecular formula is C27H44O11SSi. The zero-order chi connectivity index (χ0) is 30.0. The molecule has 228 valence electrons. The molecule has 1 aromatic carbocycles. The quantitative estimate of drug-likeness (QED) is 0.0844. The third-order valence-electron chi connectivity index (χ3n) is 5.91. The maximum absolute atomic E-state index is 12.9. The van der Waals surface area contributed by atoms with E-state index in [0.717, 1.165) is 6.42 Å². The molecule has 1 unspecified atom stereocenters. The second-order valence-corrected chi connectivity index (χ2v) is 13.6. The number of aliphatic carboxylic acids is 1. The number of ether oxygens (including phenoxy) is 4. The van der Waals surface area contributed by atoms with Crippen LogP contribution in [-0.4, -0.2) is 103 Å². The molecule has 13 heteroatoms. The molecule has 0 heterocycles. The zero-order valence-electron chi connectivity index (χ0n) is 24.4. The maximum Gasteiger partial charge on any atom is 0.500 e. The van der Waals surface area contributed by atoms with E-state index in [-0.39, 0.29) is 25.4 Å². The summed E-state index contributed by atoms with van der Waals surface area (Å²) in [5, 5.41) is 8.86. The van der Waals surface area contributed by atoms with E-state index in [1.807, 2.05) is 0 Å². The Bertz CT molecular complexity index is 883. The molecule has 0 aliphatic carbocycles. The van der Waals surface area contributed by atoms with Gasteiger partial charge in [0.05, 0.1) is 25.6 Å². The highest BCUT2D eigenvalue weighted by molar-refractivity contribution is 7.99. The van der Waals surface area contributed by atoms with Crippen molar-refractivity contribution in [1.29, 1.82) is 0 Å². The molecule has 0 saturated heterocycles. The molecule has 0 fully saturated rings. The molecule has 1 rings (SSSR count). The molecule has 0 aliphatic heterocycles. The van der Waals surface area contributed by atoms with E-state index in [1.54, 1.807) is 66.4 Å². The van der Waals surface area contributed by atoms with Crippen LogP contribution < -0.4 is 4.74 Å². The molecule has 0 amide bonds. The Balaban J connectivity index is 2.28. The molecule has 11 nitrogen and oxygen atoms in total. The summed E-state index contributed by atoms with van der Waals surface area (Å²) in [6.45, 7) is 6.35. The highest BCUT2D eigenvalue weighted by Crippen LogP contribution is 2.20. The number of rotatable bonds is 23. The van der Waals surface area contributed by atoms with Crippen LogP contribution in [0.3, 0.4) is 0 Å². The van der Waals surface area contributed by atoms with E-state index in [9.17, 15) is 14.4 Å². The first-order valence-corrected chi connectivity index (χ1v) is 16.2. The summed E-state index contributed by atoms with van der Waals surface area (Å²) in [5.74, 6) is -0.386. The SMILES string of the molecule is CO[Si](CCCOCCOc1ccc(C(=O)C(C)(C)OCCOC(=O)CCSCC(C)C(=O)O)cc1)(OC)OC. The van der Waals surface area contributed by atoms with Crippen molar-refractivity contribution in [3.63, 3.8) is 0 Å². The van der Waals surface area contributed by atoms with Crippen molar-refractivity contribution >= 4 is 38.3 Å². The van der Waals surface area contributed by atoms with Crippen LogP contribution in [0.2, 0.25) is 6.04 Å². The number of carboxylic acid groups (broad SMARTS) is 1. The van der Waals surface area contributed by atoms with Gasteiger partial charge in [-0.15, -0.1) is 0 Å². The third kappa shape index (κ3) is 13.6. The lowest BCUT2D eigenvalue weighted by molar-refractivity contribution is -0.145. The van der Waals surface area contributed by atoms with Gasteiger partial charge in [0.25, 0.3) is 0 Å². The van der Waals surface area contributed by atoms with Gasteiger partial charge in [-0.1, -0.05) is 6.92 Å². The van der Waals surface area contributed by atoms with E-state index < -0.39 is 32.3 Å². The normalized spacial score (nSPS) is 12.7. The van der Waals surface area contributed by atoms with Gasteiger partial charge < -0.3 is 37.3 Å². The largest absolute Gasteiger partial charge is 0.500 e. The monoisotopic (exact) mass is 604 g/mol. The van der Waals surface area contributed by atoms with E-state index in [0.29, 0.717) is 48.7 Å². The molecule has 0 bridgehead atoms. The molecule has 1 atom stereocenters. The minimum atomic E-state index is -2.57. The number of carbonyl (C=O) groups excluding carboxylic acids is 2. The first kappa shape index (κ1) is 36.0. The van der Waals surface area contributed by atoms with Gasteiger partial charge in [-0.3, -0.25) is 14.4 Å². The molecular weight excluding hydrogens is 560 g/mol. The van der Waals surface area contributed by atoms with Crippen LogP contribution in [0.25, 0.3) is 0 Å². The fraction of sp³-hybridized carbons (Fsp3) is 0.667. The molecule has 1 N–H and O–H groups in total. The summed E-state index contributed by atoms with van der Waals surface area (Å²) in [7, 11) is 2.17. The van der Waals surface area contributed by atoms with Gasteiger partial charge in [0.2, 0.25) is 0 Å². The van der Waals surface area contributed by atoms with Gasteiger partial charge in [0, 0.05) is 51.0 Å². The molecule has 0 aliphatic rings. The number of esters is 1. The highest BCUT2D eigenvalue weighted by Gasteiger charge is 2.36. The standard InChI is InChI=1S/C27H44O11SSi/c1-21(26(30)31)20-39-18-12-24(28)37-16-17-38-27(2,3)25(29)22-8-10-23(11-9-22)36-15-14-35-13-7-19-40(32-4,33-5)34-6/h8-11,21H,7,12-20H2,1-6H3,(H,30,31). The molecule has 0 spiro atoms. The van der Waals surface area contributed by atoms with Gasteiger partial charge in [0.15, 0.2) is 5.78 Å². The number of carboxylic acids is 1. The number of hydrogen-bond acceptors (Lipinski definition) is 11. The lowest BCUT2D eigenvalue weighted by Crippen LogP contribution is -2.42. The molecule has 0 radical (unpaired) electrons. The van der Waals surface area contributed by atoms with Gasteiger partial charge in [0.1, 0.15) is 24.6 Å². The number of Topliss-reactive ketones (excluding diaryl/α,β-unsaturated/α-hetero) is 1. The summed E-state index contributed by atoms with van der Waals surface area (Å²) in [4.78, 5) is 35.5. The van der Waals surface area contributed by atoms with E-state index in [4.69, 9.17) is 37.3 Å². The average Bonchev–Trinajstić information content (AvgIpc) is 2.95. The van der Waals surface area contributed by atoms with Crippen molar-refractivity contribution in [3.8, 4) is 5.75 Å². The van der Waals surface area contributed by atoms with Crippen molar-refractivity contribution in [2.24, 2.45) is 5.92 Å². The Morgan fingerprint density at radius 2 is 1.60 bits per heavy atom. The lowest BCUT2D eigenvalue weighted by atomic mass is 9.96. The van der Waals surface area contributed by atoms with E-state index >= 15 is 0 Å². The Kier molecular flexibility index (Phi) is 17.3. The number of benzene rings is 1. The summed E-state index contributed by atoms with van der Waals surface area (Å²) >= 11 is 1.39. The van der Waals surface area contributed by atoms with Crippen LogP contribution >= 0.6 is 11.8 Å². The van der Waals surface area contributed by atoms with E-state index in [1.165, 1.54) is 11.8 Å². The second kappa shape index (κ2) is 19.2. The fourth-order valence-corrected chi connectivity index (χ4v) is 6.06. The number of hydrogen-bond donors (Lipinski definition) is 1. The molecule has 0 aromatic heterocycles. The van der Waals surface area contributed by atoms with Crippen LogP contribution in [0.1, 0.15) is 44.0 Å². The highest BCUT2D eigenvalue weighted by atomic mass is 32.2. The number of thioether (sulfide) groups is 1. The van der Waals surface area contributed by atoms with E-state index in [2.05, 4.69) is 0 Å². The Hall–Kier alpha value is -2.00. The molecule has 0 saturated carbocycles. The smallest absolute Gasteiger partial charge is 0.491 e. The molecule has 1 aromatic rings. The van der Waals surface area contributed by atoms with Crippen molar-refractivity contribution in [2.45, 2.75) is 45.3 Å². The predicted octanol–water partition coefficient (Wildman–Crippen LogP) is 3.72.